The summed E-state index contributed by atoms with van der Waals surface area (Å²) in [6, 6.07) is 11.6. The third-order valence-electron chi connectivity index (χ3n) is 4.19. The number of nitrogens with zero attached hydrogens (tertiary/aromatic N) is 2. The Labute approximate surface area is 182 Å². The first-order chi connectivity index (χ1) is 14.1. The molecule has 0 radical (unpaired) electrons. The molecule has 2 rings (SSSR count). The summed E-state index contributed by atoms with van der Waals surface area (Å²) < 4.78 is 36.8. The fraction of sp³-hybridized carbons (Fsp3) is 0.350. The number of carbonyl (C=O) groups is 1. The van der Waals surface area contributed by atoms with E-state index >= 15 is 0 Å². The first-order valence-electron chi connectivity index (χ1n) is 9.11. The lowest BCUT2D eigenvalue weighted by atomic mass is 10.3. The second-order valence-corrected chi connectivity index (χ2v) is 9.25. The molecule has 0 saturated heterocycles. The molecule has 0 heterocycles. The van der Waals surface area contributed by atoms with Gasteiger partial charge in [-0.15, -0.1) is 0 Å². The first-order valence-corrected chi connectivity index (χ1v) is 10.9. The van der Waals surface area contributed by atoms with E-state index in [4.69, 9.17) is 21.1 Å². The highest BCUT2D eigenvalue weighted by molar-refractivity contribution is 7.89. The number of hydrogen-bond acceptors (Lipinski definition) is 6. The zero-order valence-corrected chi connectivity index (χ0v) is 19.0. The van der Waals surface area contributed by atoms with E-state index in [-0.39, 0.29) is 23.1 Å². The molecule has 0 aliphatic rings. The van der Waals surface area contributed by atoms with Gasteiger partial charge < -0.3 is 14.8 Å². The lowest BCUT2D eigenvalue weighted by Crippen LogP contribution is -2.33. The number of anilines is 1. The number of nitrogens with one attached hydrogen (secondary N) is 1. The van der Waals surface area contributed by atoms with Gasteiger partial charge in [0.1, 0.15) is 23.0 Å². The van der Waals surface area contributed by atoms with E-state index in [0.717, 1.165) is 4.31 Å². The zero-order valence-electron chi connectivity index (χ0n) is 17.4. The second-order valence-electron chi connectivity index (χ2n) is 6.72. The maximum absolute atomic E-state index is 12.5. The number of sulfonamides is 1. The number of likely N-dealkylation sites (N-methyl/N-ethyl adjacent to an activating group) is 1. The lowest BCUT2D eigenvalue weighted by molar-refractivity contribution is -0.117. The summed E-state index contributed by atoms with van der Waals surface area (Å²) in [5, 5.41) is 3.24. The number of halogens is 1. The van der Waals surface area contributed by atoms with Gasteiger partial charge in [0.05, 0.1) is 18.7 Å². The molecular formula is C20H26ClN3O5S. The van der Waals surface area contributed by atoms with Gasteiger partial charge in [-0.1, -0.05) is 23.7 Å². The Kier molecular flexibility index (Phi) is 8.48. The molecule has 1 N–H and O–H groups in total. The molecule has 0 saturated carbocycles. The van der Waals surface area contributed by atoms with E-state index in [1.54, 1.807) is 30.1 Å². The molecule has 0 bridgehead atoms. The predicted molar refractivity (Wildman–Crippen MR) is 117 cm³/mol. The summed E-state index contributed by atoms with van der Waals surface area (Å²) >= 11 is 6.04. The van der Waals surface area contributed by atoms with Crippen molar-refractivity contribution < 1.29 is 22.7 Å². The van der Waals surface area contributed by atoms with Crippen LogP contribution in [0.25, 0.3) is 0 Å². The smallest absolute Gasteiger partial charge is 0.246 e. The molecule has 0 aromatic heterocycles. The number of amides is 1. The van der Waals surface area contributed by atoms with Gasteiger partial charge >= 0.3 is 0 Å². The highest BCUT2D eigenvalue weighted by Crippen LogP contribution is 2.28. The molecule has 1 amide bonds. The van der Waals surface area contributed by atoms with E-state index < -0.39 is 10.0 Å². The van der Waals surface area contributed by atoms with E-state index in [0.29, 0.717) is 29.6 Å². The Balaban J connectivity index is 1.95. The molecule has 0 atom stereocenters. The van der Waals surface area contributed by atoms with Crippen LogP contribution < -0.4 is 14.8 Å². The quantitative estimate of drug-likeness (QED) is 0.592. The number of ether oxygens (including phenoxy) is 2. The first kappa shape index (κ1) is 23.9. The fourth-order valence-corrected chi connectivity index (χ4v) is 3.82. The van der Waals surface area contributed by atoms with Crippen LogP contribution in [-0.2, 0) is 14.8 Å². The van der Waals surface area contributed by atoms with Crippen molar-refractivity contribution >= 4 is 33.2 Å². The molecule has 0 aliphatic carbocycles. The molecule has 0 unspecified atom stereocenters. The van der Waals surface area contributed by atoms with Crippen molar-refractivity contribution in [1.82, 2.24) is 9.21 Å². The van der Waals surface area contributed by atoms with Gasteiger partial charge in [-0.25, -0.2) is 12.7 Å². The Hall–Kier alpha value is -2.33. The summed E-state index contributed by atoms with van der Waals surface area (Å²) in [5.74, 6) is 0.508. The van der Waals surface area contributed by atoms with Crippen LogP contribution in [-0.4, -0.2) is 71.5 Å². The molecule has 0 spiro atoms. The summed E-state index contributed by atoms with van der Waals surface area (Å²) in [5.41, 5.74) is 0.363. The Morgan fingerprint density at radius 1 is 1.10 bits per heavy atom. The molecular weight excluding hydrogens is 430 g/mol. The van der Waals surface area contributed by atoms with Crippen LogP contribution >= 0.6 is 11.6 Å². The number of methoxy groups -OCH3 is 1. The molecule has 2 aromatic carbocycles. The average molecular weight is 456 g/mol. The van der Waals surface area contributed by atoms with Crippen LogP contribution in [0, 0.1) is 0 Å². The number of carbonyl (C=O) groups excluding carboxylic acids is 1. The number of hydrogen-bond donors (Lipinski definition) is 1. The minimum atomic E-state index is -3.72. The van der Waals surface area contributed by atoms with Crippen LogP contribution in [0.1, 0.15) is 0 Å². The maximum atomic E-state index is 12.5. The average Bonchev–Trinajstić information content (AvgIpc) is 2.69. The highest BCUT2D eigenvalue weighted by atomic mass is 35.5. The maximum Gasteiger partial charge on any atom is 0.246 e. The molecule has 2 aromatic rings. The van der Waals surface area contributed by atoms with Gasteiger partial charge in [0.25, 0.3) is 0 Å². The summed E-state index contributed by atoms with van der Waals surface area (Å²) in [7, 11) is 2.31. The van der Waals surface area contributed by atoms with E-state index in [1.807, 2.05) is 12.1 Å². The van der Waals surface area contributed by atoms with Crippen molar-refractivity contribution in [2.24, 2.45) is 0 Å². The van der Waals surface area contributed by atoms with Crippen LogP contribution in [0.4, 0.5) is 5.69 Å². The SMILES string of the molecule is COc1ccc(NC(=O)CN(C)CCOc2ccccc2Cl)cc1S(=O)(=O)N(C)C. The molecule has 164 valence electrons. The second kappa shape index (κ2) is 10.6. The normalized spacial score (nSPS) is 11.6. The molecule has 0 aliphatic heterocycles. The number of rotatable bonds is 10. The Morgan fingerprint density at radius 3 is 2.43 bits per heavy atom. The van der Waals surface area contributed by atoms with Crippen molar-refractivity contribution in [3.05, 3.63) is 47.5 Å². The van der Waals surface area contributed by atoms with Gasteiger partial charge in [0, 0.05) is 26.3 Å². The van der Waals surface area contributed by atoms with Crippen molar-refractivity contribution in [3.63, 3.8) is 0 Å². The third kappa shape index (κ3) is 6.33. The summed E-state index contributed by atoms with van der Waals surface area (Å²) in [6.45, 7) is 0.969. The van der Waals surface area contributed by atoms with E-state index in [9.17, 15) is 13.2 Å². The van der Waals surface area contributed by atoms with Gasteiger partial charge in [0.15, 0.2) is 0 Å². The largest absolute Gasteiger partial charge is 0.495 e. The topological polar surface area (TPSA) is 88.2 Å². The van der Waals surface area contributed by atoms with Gasteiger partial charge in [-0.3, -0.25) is 9.69 Å². The van der Waals surface area contributed by atoms with Crippen LogP contribution in [0.2, 0.25) is 5.02 Å². The monoisotopic (exact) mass is 455 g/mol. The lowest BCUT2D eigenvalue weighted by Gasteiger charge is -2.18. The van der Waals surface area contributed by atoms with Crippen molar-refractivity contribution in [1.29, 1.82) is 0 Å². The number of para-hydroxylation sites is 1. The molecule has 30 heavy (non-hydrogen) atoms. The minimum absolute atomic E-state index is 0.0192. The van der Waals surface area contributed by atoms with Crippen LogP contribution in [0.5, 0.6) is 11.5 Å². The number of benzene rings is 2. The van der Waals surface area contributed by atoms with Crippen molar-refractivity contribution in [2.75, 3.05) is 53.3 Å². The van der Waals surface area contributed by atoms with E-state index in [1.165, 1.54) is 33.3 Å². The van der Waals surface area contributed by atoms with Gasteiger partial charge in [-0.05, 0) is 37.4 Å². The van der Waals surface area contributed by atoms with Crippen LogP contribution in [0.15, 0.2) is 47.4 Å². The summed E-state index contributed by atoms with van der Waals surface area (Å²) in [4.78, 5) is 14.1. The standard InChI is InChI=1S/C20H26ClN3O5S/c1-23(2)30(26,27)19-13-15(9-10-18(19)28-4)22-20(25)14-24(3)11-12-29-17-8-6-5-7-16(17)21/h5-10,13H,11-12,14H2,1-4H3,(H,22,25). The Morgan fingerprint density at radius 2 is 1.80 bits per heavy atom. The minimum Gasteiger partial charge on any atom is -0.495 e. The van der Waals surface area contributed by atoms with Crippen LogP contribution in [0.3, 0.4) is 0 Å². The summed E-state index contributed by atoms with van der Waals surface area (Å²) in [6.07, 6.45) is 0. The zero-order chi connectivity index (χ0) is 22.3. The van der Waals surface area contributed by atoms with Gasteiger partial charge in [-0.2, -0.15) is 0 Å². The van der Waals surface area contributed by atoms with Gasteiger partial charge in [0.2, 0.25) is 15.9 Å². The highest BCUT2D eigenvalue weighted by Gasteiger charge is 2.23. The molecule has 8 nitrogen and oxygen atoms in total. The fourth-order valence-electron chi connectivity index (χ4n) is 2.55. The molecule has 10 heteroatoms. The van der Waals surface area contributed by atoms with E-state index in [2.05, 4.69) is 5.32 Å². The predicted octanol–water partition coefficient (Wildman–Crippen LogP) is 2.55. The molecule has 0 fully saturated rings. The Bertz CT molecular complexity index is 982. The third-order valence-corrected chi connectivity index (χ3v) is 6.34. The van der Waals surface area contributed by atoms with Crippen molar-refractivity contribution in [2.45, 2.75) is 4.90 Å². The van der Waals surface area contributed by atoms with Crippen molar-refractivity contribution in [3.8, 4) is 11.5 Å².